The summed E-state index contributed by atoms with van der Waals surface area (Å²) in [7, 11) is 0. The van der Waals surface area contributed by atoms with Gasteiger partial charge < -0.3 is 0 Å². The first-order valence-electron chi connectivity index (χ1n) is 4.77. The van der Waals surface area contributed by atoms with Crippen LogP contribution in [0.1, 0.15) is 23.2 Å². The topological polar surface area (TPSA) is 71.1 Å². The van der Waals surface area contributed by atoms with Crippen molar-refractivity contribution in [3.8, 4) is 0 Å². The monoisotopic (exact) mass is 205 g/mol. The van der Waals surface area contributed by atoms with Crippen LogP contribution in [-0.2, 0) is 4.79 Å². The molecule has 2 N–H and O–H groups in total. The van der Waals surface area contributed by atoms with Gasteiger partial charge in [-0.15, -0.1) is 0 Å². The summed E-state index contributed by atoms with van der Waals surface area (Å²) in [5, 5.41) is 0. The lowest BCUT2D eigenvalue weighted by atomic mass is 10.3. The highest BCUT2D eigenvalue weighted by Crippen LogP contribution is 2.28. The van der Waals surface area contributed by atoms with Crippen LogP contribution < -0.4 is 10.9 Å². The van der Waals surface area contributed by atoms with Crippen molar-refractivity contribution in [1.82, 2.24) is 15.8 Å². The van der Waals surface area contributed by atoms with Gasteiger partial charge in [0.15, 0.2) is 0 Å². The predicted molar refractivity (Wildman–Crippen MR) is 52.6 cm³/mol. The Kier molecular flexibility index (Phi) is 2.62. The number of pyridine rings is 1. The van der Waals surface area contributed by atoms with Crippen molar-refractivity contribution in [2.24, 2.45) is 5.92 Å². The van der Waals surface area contributed by atoms with E-state index in [1.54, 1.807) is 18.3 Å². The molecule has 0 radical (unpaired) electrons. The summed E-state index contributed by atoms with van der Waals surface area (Å²) in [5.74, 6) is -0.386. The number of hydrogen-bond acceptors (Lipinski definition) is 3. The molecule has 0 spiro atoms. The Hall–Kier alpha value is -1.91. The summed E-state index contributed by atoms with van der Waals surface area (Å²) < 4.78 is 0. The molecule has 1 saturated carbocycles. The van der Waals surface area contributed by atoms with Crippen molar-refractivity contribution in [2.45, 2.75) is 12.8 Å². The van der Waals surface area contributed by atoms with Crippen LogP contribution in [0.5, 0.6) is 0 Å². The van der Waals surface area contributed by atoms with Gasteiger partial charge in [0, 0.05) is 18.3 Å². The van der Waals surface area contributed by atoms with Gasteiger partial charge in [0.25, 0.3) is 5.91 Å². The van der Waals surface area contributed by atoms with Crippen LogP contribution in [0, 0.1) is 5.92 Å². The SMILES string of the molecule is O=C(NNC(=O)C1CC1)c1cccnc1. The maximum atomic E-state index is 11.4. The van der Waals surface area contributed by atoms with E-state index in [1.807, 2.05) is 0 Å². The van der Waals surface area contributed by atoms with Crippen LogP contribution in [0.4, 0.5) is 0 Å². The van der Waals surface area contributed by atoms with Crippen LogP contribution in [0.2, 0.25) is 0 Å². The molecule has 0 unspecified atom stereocenters. The summed E-state index contributed by atoms with van der Waals surface area (Å²) in [6.45, 7) is 0. The van der Waals surface area contributed by atoms with Gasteiger partial charge in [0.2, 0.25) is 5.91 Å². The number of carbonyl (C=O) groups excluding carboxylic acids is 2. The van der Waals surface area contributed by atoms with Gasteiger partial charge in [-0.2, -0.15) is 0 Å². The van der Waals surface area contributed by atoms with Gasteiger partial charge in [0.05, 0.1) is 5.56 Å². The average Bonchev–Trinajstić information content (AvgIpc) is 3.10. The van der Waals surface area contributed by atoms with Gasteiger partial charge in [-0.1, -0.05) is 0 Å². The van der Waals surface area contributed by atoms with Crippen LogP contribution >= 0.6 is 0 Å². The molecule has 0 atom stereocenters. The smallest absolute Gasteiger partial charge is 0.271 e. The van der Waals surface area contributed by atoms with Crippen LogP contribution in [0.25, 0.3) is 0 Å². The molecule has 1 aliphatic rings. The Morgan fingerprint density at radius 2 is 2.13 bits per heavy atom. The Morgan fingerprint density at radius 3 is 2.73 bits per heavy atom. The van der Waals surface area contributed by atoms with E-state index in [2.05, 4.69) is 15.8 Å². The minimum atomic E-state index is -0.350. The fraction of sp³-hybridized carbons (Fsp3) is 0.300. The molecule has 1 aromatic heterocycles. The number of nitrogens with zero attached hydrogens (tertiary/aromatic N) is 1. The van der Waals surface area contributed by atoms with E-state index in [0.29, 0.717) is 5.56 Å². The number of aromatic nitrogens is 1. The second-order valence-electron chi connectivity index (χ2n) is 3.46. The highest BCUT2D eigenvalue weighted by molar-refractivity contribution is 5.95. The van der Waals surface area contributed by atoms with E-state index < -0.39 is 0 Å². The van der Waals surface area contributed by atoms with Gasteiger partial charge >= 0.3 is 0 Å². The van der Waals surface area contributed by atoms with Gasteiger partial charge in [-0.25, -0.2) is 0 Å². The lowest BCUT2D eigenvalue weighted by Crippen LogP contribution is -2.42. The second-order valence-corrected chi connectivity index (χ2v) is 3.46. The lowest BCUT2D eigenvalue weighted by Gasteiger charge is -2.05. The van der Waals surface area contributed by atoms with Crippen LogP contribution in [0.3, 0.4) is 0 Å². The number of nitrogens with one attached hydrogen (secondary N) is 2. The minimum Gasteiger partial charge on any atom is -0.273 e. The first-order valence-corrected chi connectivity index (χ1v) is 4.77. The van der Waals surface area contributed by atoms with Crippen molar-refractivity contribution in [3.63, 3.8) is 0 Å². The molecule has 5 nitrogen and oxygen atoms in total. The normalized spacial score (nSPS) is 14.4. The lowest BCUT2D eigenvalue weighted by molar-refractivity contribution is -0.123. The molecule has 1 fully saturated rings. The van der Waals surface area contributed by atoms with Crippen molar-refractivity contribution in [1.29, 1.82) is 0 Å². The number of amides is 2. The fourth-order valence-corrected chi connectivity index (χ4v) is 1.14. The zero-order valence-corrected chi connectivity index (χ0v) is 8.06. The summed E-state index contributed by atoms with van der Waals surface area (Å²) in [5.41, 5.74) is 5.14. The molecule has 0 aromatic carbocycles. The second kappa shape index (κ2) is 4.08. The maximum Gasteiger partial charge on any atom is 0.271 e. The molecule has 5 heteroatoms. The highest BCUT2D eigenvalue weighted by atomic mass is 16.2. The van der Waals surface area contributed by atoms with Gasteiger partial charge in [0.1, 0.15) is 0 Å². The van der Waals surface area contributed by atoms with Crippen LogP contribution in [-0.4, -0.2) is 16.8 Å². The third-order valence-electron chi connectivity index (χ3n) is 2.17. The van der Waals surface area contributed by atoms with E-state index in [4.69, 9.17) is 0 Å². The first-order chi connectivity index (χ1) is 7.27. The Bertz CT molecular complexity index is 374. The van der Waals surface area contributed by atoms with E-state index in [-0.39, 0.29) is 17.7 Å². The molecule has 2 amide bonds. The molecule has 1 aromatic rings. The Balaban J connectivity index is 1.84. The number of carbonyl (C=O) groups is 2. The standard InChI is InChI=1S/C10H11N3O2/c14-9(7-3-4-7)12-13-10(15)8-2-1-5-11-6-8/h1-2,5-7H,3-4H2,(H,12,14)(H,13,15). The molecule has 2 rings (SSSR count). The van der Waals surface area contributed by atoms with Crippen molar-refractivity contribution in [2.75, 3.05) is 0 Å². The van der Waals surface area contributed by atoms with Crippen LogP contribution in [0.15, 0.2) is 24.5 Å². The largest absolute Gasteiger partial charge is 0.273 e. The zero-order chi connectivity index (χ0) is 10.7. The van der Waals surface area contributed by atoms with E-state index in [9.17, 15) is 9.59 Å². The van der Waals surface area contributed by atoms with Gasteiger partial charge in [-0.3, -0.25) is 25.4 Å². The summed E-state index contributed by atoms with van der Waals surface area (Å²) in [6.07, 6.45) is 4.85. The number of hydrogen-bond donors (Lipinski definition) is 2. The molecular weight excluding hydrogens is 194 g/mol. The first kappa shape index (κ1) is 9.64. The maximum absolute atomic E-state index is 11.4. The third-order valence-corrected chi connectivity index (χ3v) is 2.17. The van der Waals surface area contributed by atoms with E-state index in [1.165, 1.54) is 6.20 Å². The van der Waals surface area contributed by atoms with Gasteiger partial charge in [-0.05, 0) is 25.0 Å². The Labute approximate surface area is 86.9 Å². The van der Waals surface area contributed by atoms with E-state index >= 15 is 0 Å². The molecule has 0 saturated heterocycles. The molecule has 78 valence electrons. The van der Waals surface area contributed by atoms with Crippen molar-refractivity contribution >= 4 is 11.8 Å². The molecule has 1 heterocycles. The molecule has 1 aliphatic carbocycles. The molecule has 15 heavy (non-hydrogen) atoms. The quantitative estimate of drug-likeness (QED) is 0.680. The number of rotatable bonds is 2. The summed E-state index contributed by atoms with van der Waals surface area (Å²) in [4.78, 5) is 26.4. The van der Waals surface area contributed by atoms with Crippen molar-refractivity contribution in [3.05, 3.63) is 30.1 Å². The highest BCUT2D eigenvalue weighted by Gasteiger charge is 2.29. The predicted octanol–water partition coefficient (Wildman–Crippen LogP) is 0.253. The summed E-state index contributed by atoms with van der Waals surface area (Å²) >= 11 is 0. The molecule has 0 aliphatic heterocycles. The third kappa shape index (κ3) is 2.52. The number of hydrazine groups is 1. The van der Waals surface area contributed by atoms with E-state index in [0.717, 1.165) is 12.8 Å². The molecule has 0 bridgehead atoms. The minimum absolute atomic E-state index is 0.0826. The Morgan fingerprint density at radius 1 is 1.33 bits per heavy atom. The van der Waals surface area contributed by atoms with Crippen molar-refractivity contribution < 1.29 is 9.59 Å². The fourth-order valence-electron chi connectivity index (χ4n) is 1.14. The molecular formula is C10H11N3O2. The average molecular weight is 205 g/mol. The zero-order valence-electron chi connectivity index (χ0n) is 8.06. The summed E-state index contributed by atoms with van der Waals surface area (Å²) in [6, 6.07) is 3.29.